The Morgan fingerprint density at radius 1 is 1.31 bits per heavy atom. The fraction of sp³-hybridized carbons (Fsp3) is 0. The lowest BCUT2D eigenvalue weighted by molar-refractivity contribution is 1.36. The van der Waals surface area contributed by atoms with E-state index >= 15 is 0 Å². The predicted molar refractivity (Wildman–Crippen MR) is 63.3 cm³/mol. The molecule has 0 spiro atoms. The summed E-state index contributed by atoms with van der Waals surface area (Å²) in [5, 5.41) is 9.16. The number of rotatable bonds is 1. The Labute approximate surface area is 97.0 Å². The van der Waals surface area contributed by atoms with Crippen LogP contribution in [0.25, 0.3) is 0 Å². The predicted octanol–water partition coefficient (Wildman–Crippen LogP) is 0.431. The zero-order valence-electron chi connectivity index (χ0n) is 8.18. The Morgan fingerprint density at radius 2 is 2.00 bits per heavy atom. The van der Waals surface area contributed by atoms with Crippen molar-refractivity contribution in [2.45, 2.75) is 0 Å². The van der Waals surface area contributed by atoms with Gasteiger partial charge in [-0.25, -0.2) is 4.99 Å². The van der Waals surface area contributed by atoms with Crippen LogP contribution in [0.5, 0.6) is 0 Å². The summed E-state index contributed by atoms with van der Waals surface area (Å²) >= 11 is 5.80. The molecule has 1 aromatic rings. The summed E-state index contributed by atoms with van der Waals surface area (Å²) in [4.78, 5) is 7.40. The van der Waals surface area contributed by atoms with Crippen molar-refractivity contribution in [2.24, 2.45) is 27.2 Å². The number of hydrogen-bond acceptors (Lipinski definition) is 2. The largest absolute Gasteiger partial charge is 0.370 e. The third-order valence-corrected chi connectivity index (χ3v) is 1.90. The maximum Gasteiger partial charge on any atom is 0.223 e. The van der Waals surface area contributed by atoms with Crippen molar-refractivity contribution in [2.75, 3.05) is 0 Å². The third kappa shape index (κ3) is 2.87. The highest BCUT2D eigenvalue weighted by atomic mass is 35.5. The molecule has 6 nitrogen and oxygen atoms in total. The van der Waals surface area contributed by atoms with E-state index in [0.29, 0.717) is 10.7 Å². The molecule has 1 aromatic carbocycles. The van der Waals surface area contributed by atoms with Crippen molar-refractivity contribution in [3.05, 3.63) is 28.8 Å². The number of nitrogens with zero attached hydrogens (tertiary/aromatic N) is 3. The van der Waals surface area contributed by atoms with Gasteiger partial charge in [0, 0.05) is 0 Å². The molecule has 16 heavy (non-hydrogen) atoms. The molecule has 0 aromatic heterocycles. The highest BCUT2D eigenvalue weighted by molar-refractivity contribution is 6.32. The third-order valence-electron chi connectivity index (χ3n) is 1.58. The Balaban J connectivity index is 3.21. The molecule has 0 heterocycles. The second-order valence-corrected chi connectivity index (χ2v) is 3.16. The van der Waals surface area contributed by atoms with Gasteiger partial charge in [0.25, 0.3) is 0 Å². The van der Waals surface area contributed by atoms with Gasteiger partial charge in [-0.15, -0.1) is 0 Å². The Morgan fingerprint density at radius 3 is 2.56 bits per heavy atom. The van der Waals surface area contributed by atoms with Crippen LogP contribution in [0.2, 0.25) is 5.02 Å². The van der Waals surface area contributed by atoms with Gasteiger partial charge in [-0.3, -0.25) is 0 Å². The lowest BCUT2D eigenvalue weighted by Crippen LogP contribution is -2.26. The molecule has 0 atom stereocenters. The van der Waals surface area contributed by atoms with E-state index in [1.54, 1.807) is 18.2 Å². The molecule has 82 valence electrons. The molecule has 0 aliphatic rings. The summed E-state index contributed by atoms with van der Waals surface area (Å²) < 4.78 is 0. The van der Waals surface area contributed by atoms with Crippen molar-refractivity contribution >= 4 is 29.2 Å². The number of nitriles is 1. The summed E-state index contributed by atoms with van der Waals surface area (Å²) in [6.07, 6.45) is 0. The number of halogens is 1. The highest BCUT2D eigenvalue weighted by Crippen LogP contribution is 2.25. The van der Waals surface area contributed by atoms with E-state index in [1.165, 1.54) is 0 Å². The average molecular weight is 237 g/mol. The minimum absolute atomic E-state index is 0.140. The van der Waals surface area contributed by atoms with Crippen LogP contribution in [0.1, 0.15) is 5.56 Å². The van der Waals surface area contributed by atoms with Gasteiger partial charge in [-0.2, -0.15) is 10.3 Å². The summed E-state index contributed by atoms with van der Waals surface area (Å²) in [6.45, 7) is 0. The lowest BCUT2D eigenvalue weighted by atomic mass is 10.2. The van der Waals surface area contributed by atoms with Crippen LogP contribution in [-0.4, -0.2) is 11.9 Å². The fourth-order valence-electron chi connectivity index (χ4n) is 0.997. The molecule has 0 radical (unpaired) electrons. The zero-order chi connectivity index (χ0) is 12.1. The van der Waals surface area contributed by atoms with Gasteiger partial charge in [0.05, 0.1) is 16.3 Å². The molecule has 0 bridgehead atoms. The summed E-state index contributed by atoms with van der Waals surface area (Å²) in [5.74, 6) is -0.347. The zero-order valence-corrected chi connectivity index (χ0v) is 8.94. The summed E-state index contributed by atoms with van der Waals surface area (Å²) in [7, 11) is 0. The van der Waals surface area contributed by atoms with E-state index in [-0.39, 0.29) is 17.5 Å². The molecule has 0 fully saturated rings. The molecule has 1 rings (SSSR count). The monoisotopic (exact) mass is 236 g/mol. The smallest absolute Gasteiger partial charge is 0.223 e. The van der Waals surface area contributed by atoms with Gasteiger partial charge < -0.3 is 17.2 Å². The number of benzene rings is 1. The van der Waals surface area contributed by atoms with Gasteiger partial charge in [0.15, 0.2) is 5.96 Å². The van der Waals surface area contributed by atoms with E-state index in [9.17, 15) is 0 Å². The maximum atomic E-state index is 8.86. The van der Waals surface area contributed by atoms with Gasteiger partial charge in [-0.05, 0) is 12.1 Å². The first-order valence-electron chi connectivity index (χ1n) is 4.17. The molecule has 0 unspecified atom stereocenters. The quantitative estimate of drug-likeness (QED) is 0.483. The average Bonchev–Trinajstić information content (AvgIpc) is 2.16. The van der Waals surface area contributed by atoms with Crippen LogP contribution in [0.3, 0.4) is 0 Å². The molecule has 0 saturated heterocycles. The van der Waals surface area contributed by atoms with E-state index in [4.69, 9.17) is 34.1 Å². The SMILES string of the molecule is N#Cc1c(Cl)cccc1N=C(N)N=C(N)N. The number of guanidine groups is 2. The van der Waals surface area contributed by atoms with Crippen LogP contribution in [-0.2, 0) is 0 Å². The molecule has 0 aliphatic carbocycles. The van der Waals surface area contributed by atoms with Crippen LogP contribution in [0, 0.1) is 11.3 Å². The number of hydrogen-bond donors (Lipinski definition) is 3. The van der Waals surface area contributed by atoms with Gasteiger partial charge in [0.1, 0.15) is 6.07 Å². The van der Waals surface area contributed by atoms with Gasteiger partial charge in [0.2, 0.25) is 5.96 Å². The van der Waals surface area contributed by atoms with Gasteiger partial charge in [-0.1, -0.05) is 17.7 Å². The van der Waals surface area contributed by atoms with E-state index in [2.05, 4.69) is 9.98 Å². The second-order valence-electron chi connectivity index (χ2n) is 2.75. The molecule has 0 amide bonds. The van der Waals surface area contributed by atoms with Crippen molar-refractivity contribution in [1.82, 2.24) is 0 Å². The topological polar surface area (TPSA) is 127 Å². The number of nitrogens with two attached hydrogens (primary N) is 3. The molecule has 0 saturated carbocycles. The van der Waals surface area contributed by atoms with E-state index in [0.717, 1.165) is 0 Å². The Hall–Kier alpha value is -2.26. The van der Waals surface area contributed by atoms with Crippen molar-refractivity contribution in [3.8, 4) is 6.07 Å². The van der Waals surface area contributed by atoms with Crippen LogP contribution in [0.15, 0.2) is 28.2 Å². The van der Waals surface area contributed by atoms with Gasteiger partial charge >= 0.3 is 0 Å². The number of aliphatic imine (C=N–C) groups is 2. The minimum atomic E-state index is -0.207. The normalized spacial score (nSPS) is 10.6. The summed E-state index contributed by atoms with van der Waals surface area (Å²) in [5.41, 5.74) is 16.2. The molecule has 0 aliphatic heterocycles. The Bertz CT molecular complexity index is 495. The standard InChI is InChI=1S/C9H9ClN6/c10-6-2-1-3-7(5(6)4-11)15-9(14)16-8(12)13/h1-3H,(H6,12,13,14,15,16). The first-order valence-corrected chi connectivity index (χ1v) is 4.55. The Kier molecular flexibility index (Phi) is 3.69. The van der Waals surface area contributed by atoms with Crippen molar-refractivity contribution in [3.63, 3.8) is 0 Å². The summed E-state index contributed by atoms with van der Waals surface area (Å²) in [6, 6.07) is 6.72. The minimum Gasteiger partial charge on any atom is -0.370 e. The molecule has 7 heteroatoms. The van der Waals surface area contributed by atoms with E-state index < -0.39 is 0 Å². The van der Waals surface area contributed by atoms with Crippen molar-refractivity contribution < 1.29 is 0 Å². The van der Waals surface area contributed by atoms with Crippen LogP contribution in [0.4, 0.5) is 5.69 Å². The highest BCUT2D eigenvalue weighted by Gasteiger charge is 2.05. The molecular weight excluding hydrogens is 228 g/mol. The first kappa shape index (κ1) is 11.8. The van der Waals surface area contributed by atoms with Crippen LogP contribution >= 0.6 is 11.6 Å². The van der Waals surface area contributed by atoms with Crippen LogP contribution < -0.4 is 17.2 Å². The first-order chi connectivity index (χ1) is 7.54. The van der Waals surface area contributed by atoms with Crippen molar-refractivity contribution in [1.29, 1.82) is 5.26 Å². The van der Waals surface area contributed by atoms with E-state index in [1.807, 2.05) is 6.07 Å². The molecule has 6 N–H and O–H groups in total. The second kappa shape index (κ2) is 5.00. The molecular formula is C9H9ClN6. The fourth-order valence-corrected chi connectivity index (χ4v) is 1.21. The maximum absolute atomic E-state index is 8.86. The lowest BCUT2D eigenvalue weighted by Gasteiger charge is -2.00.